The second kappa shape index (κ2) is 4.27. The minimum absolute atomic E-state index is 0.428. The van der Waals surface area contributed by atoms with Crippen molar-refractivity contribution in [3.63, 3.8) is 0 Å². The molecular formula is C10H12N2O3. The van der Waals surface area contributed by atoms with E-state index in [1.54, 1.807) is 6.07 Å². The predicted molar refractivity (Wildman–Crippen MR) is 52.2 cm³/mol. The average Bonchev–Trinajstić information content (AvgIpc) is 2.81. The fraction of sp³-hybridized carbons (Fsp3) is 0.400. The van der Waals surface area contributed by atoms with Gasteiger partial charge in [-0.2, -0.15) is 0 Å². The van der Waals surface area contributed by atoms with E-state index in [4.69, 9.17) is 9.47 Å². The molecule has 1 aliphatic rings. The molecule has 5 nitrogen and oxygen atoms in total. The van der Waals surface area contributed by atoms with Gasteiger partial charge < -0.3 is 14.6 Å². The molecule has 2 heterocycles. The molecule has 1 atom stereocenters. The first-order chi connectivity index (χ1) is 7.31. The molecule has 1 unspecified atom stereocenters. The van der Waals surface area contributed by atoms with Crippen LogP contribution in [0.1, 0.15) is 18.2 Å². The Balaban J connectivity index is 2.20. The lowest BCUT2D eigenvalue weighted by atomic mass is 10.2. The van der Waals surface area contributed by atoms with E-state index in [9.17, 15) is 5.11 Å². The summed E-state index contributed by atoms with van der Waals surface area (Å²) in [5, 5.41) is 9.90. The lowest BCUT2D eigenvalue weighted by Gasteiger charge is -2.11. The molecule has 0 aromatic carbocycles. The van der Waals surface area contributed by atoms with Gasteiger partial charge in [-0.3, -0.25) is 0 Å². The molecule has 0 saturated carbocycles. The fourth-order valence-electron chi connectivity index (χ4n) is 1.39. The van der Waals surface area contributed by atoms with Gasteiger partial charge in [-0.1, -0.05) is 0 Å². The van der Waals surface area contributed by atoms with Crippen molar-refractivity contribution in [3.8, 4) is 5.88 Å². The third-order valence-electron chi connectivity index (χ3n) is 2.15. The maximum atomic E-state index is 9.90. The highest BCUT2D eigenvalue weighted by molar-refractivity contribution is 5.21. The second-order valence-corrected chi connectivity index (χ2v) is 3.13. The molecule has 1 N–H and O–H groups in total. The molecule has 15 heavy (non-hydrogen) atoms. The van der Waals surface area contributed by atoms with Gasteiger partial charge in [-0.05, 0) is 6.08 Å². The normalized spacial score (nSPS) is 16.8. The van der Waals surface area contributed by atoms with Crippen LogP contribution >= 0.6 is 0 Å². The van der Waals surface area contributed by atoms with E-state index in [0.29, 0.717) is 23.9 Å². The fourth-order valence-corrected chi connectivity index (χ4v) is 1.39. The van der Waals surface area contributed by atoms with Crippen LogP contribution in [0.4, 0.5) is 0 Å². The average molecular weight is 208 g/mol. The number of hydrogen-bond acceptors (Lipinski definition) is 5. The Hall–Kier alpha value is -1.62. The molecule has 0 fully saturated rings. The summed E-state index contributed by atoms with van der Waals surface area (Å²) in [6.07, 6.45) is 3.21. The molecule has 0 bridgehead atoms. The maximum Gasteiger partial charge on any atom is 0.216 e. The molecule has 0 amide bonds. The third kappa shape index (κ3) is 2.07. The minimum atomic E-state index is -0.829. The van der Waals surface area contributed by atoms with Crippen LogP contribution in [0.3, 0.4) is 0 Å². The van der Waals surface area contributed by atoms with E-state index in [1.165, 1.54) is 13.4 Å². The van der Waals surface area contributed by atoms with Gasteiger partial charge in [-0.25, -0.2) is 9.97 Å². The van der Waals surface area contributed by atoms with E-state index in [-0.39, 0.29) is 0 Å². The van der Waals surface area contributed by atoms with Crippen molar-refractivity contribution in [1.29, 1.82) is 0 Å². The van der Waals surface area contributed by atoms with Crippen LogP contribution in [0, 0.1) is 0 Å². The van der Waals surface area contributed by atoms with Crippen LogP contribution in [0.15, 0.2) is 24.2 Å². The zero-order valence-electron chi connectivity index (χ0n) is 8.38. The first-order valence-electron chi connectivity index (χ1n) is 4.68. The number of nitrogens with zero attached hydrogens (tertiary/aromatic N) is 2. The monoisotopic (exact) mass is 208 g/mol. The summed E-state index contributed by atoms with van der Waals surface area (Å²) in [7, 11) is 1.52. The number of aliphatic hydroxyl groups excluding tert-OH is 1. The van der Waals surface area contributed by atoms with E-state index < -0.39 is 6.10 Å². The molecular weight excluding hydrogens is 196 g/mol. The molecule has 1 aliphatic heterocycles. The molecule has 0 spiro atoms. The van der Waals surface area contributed by atoms with Gasteiger partial charge >= 0.3 is 0 Å². The Morgan fingerprint density at radius 1 is 1.53 bits per heavy atom. The quantitative estimate of drug-likeness (QED) is 0.796. The largest absolute Gasteiger partial charge is 0.495 e. The molecule has 80 valence electrons. The smallest absolute Gasteiger partial charge is 0.216 e. The van der Waals surface area contributed by atoms with Crippen molar-refractivity contribution >= 4 is 0 Å². The summed E-state index contributed by atoms with van der Waals surface area (Å²) in [5.74, 6) is 0.980. The number of aromatic nitrogens is 2. The van der Waals surface area contributed by atoms with E-state index in [1.807, 2.05) is 6.08 Å². The van der Waals surface area contributed by atoms with Crippen molar-refractivity contribution in [2.45, 2.75) is 12.5 Å². The second-order valence-electron chi connectivity index (χ2n) is 3.13. The van der Waals surface area contributed by atoms with Crippen molar-refractivity contribution in [2.75, 3.05) is 13.7 Å². The van der Waals surface area contributed by atoms with Gasteiger partial charge in [0.15, 0.2) is 6.10 Å². The van der Waals surface area contributed by atoms with Crippen molar-refractivity contribution in [2.24, 2.45) is 0 Å². The number of rotatable bonds is 3. The van der Waals surface area contributed by atoms with Crippen LogP contribution < -0.4 is 4.74 Å². The standard InChI is InChI=1S/C10H12N2O3/c1-14-9-5-7(11-6-12-9)10(13)8-3-2-4-15-8/h3,5-6,10,13H,2,4H2,1H3. The van der Waals surface area contributed by atoms with Crippen molar-refractivity contribution in [1.82, 2.24) is 9.97 Å². The first kappa shape index (κ1) is 9.92. The zero-order chi connectivity index (χ0) is 10.7. The van der Waals surface area contributed by atoms with Crippen LogP contribution in [-0.4, -0.2) is 28.8 Å². The Morgan fingerprint density at radius 2 is 2.40 bits per heavy atom. The van der Waals surface area contributed by atoms with E-state index >= 15 is 0 Å². The topological polar surface area (TPSA) is 64.5 Å². The highest BCUT2D eigenvalue weighted by atomic mass is 16.5. The lowest BCUT2D eigenvalue weighted by Crippen LogP contribution is -2.05. The molecule has 1 aromatic rings. The van der Waals surface area contributed by atoms with Gasteiger partial charge in [-0.15, -0.1) is 0 Å². The predicted octanol–water partition coefficient (Wildman–Crippen LogP) is 0.823. The van der Waals surface area contributed by atoms with Crippen LogP contribution in [0.25, 0.3) is 0 Å². The zero-order valence-corrected chi connectivity index (χ0v) is 8.38. The number of aliphatic hydroxyl groups is 1. The third-order valence-corrected chi connectivity index (χ3v) is 2.15. The Bertz CT molecular complexity index is 379. The Kier molecular flexibility index (Phi) is 2.82. The first-order valence-corrected chi connectivity index (χ1v) is 4.68. The van der Waals surface area contributed by atoms with Crippen LogP contribution in [0.5, 0.6) is 5.88 Å². The van der Waals surface area contributed by atoms with Crippen LogP contribution in [0.2, 0.25) is 0 Å². The summed E-state index contributed by atoms with van der Waals surface area (Å²) >= 11 is 0. The minimum Gasteiger partial charge on any atom is -0.495 e. The summed E-state index contributed by atoms with van der Waals surface area (Å²) in [6, 6.07) is 1.59. The molecule has 0 aliphatic carbocycles. The van der Waals surface area contributed by atoms with E-state index in [2.05, 4.69) is 9.97 Å². The Labute approximate surface area is 87.4 Å². The summed E-state index contributed by atoms with van der Waals surface area (Å²) in [4.78, 5) is 7.83. The maximum absolute atomic E-state index is 9.90. The summed E-state index contributed by atoms with van der Waals surface area (Å²) in [5.41, 5.74) is 0.481. The van der Waals surface area contributed by atoms with E-state index in [0.717, 1.165) is 6.42 Å². The van der Waals surface area contributed by atoms with Crippen molar-refractivity contribution < 1.29 is 14.6 Å². The number of hydrogen-bond donors (Lipinski definition) is 1. The molecule has 0 saturated heterocycles. The lowest BCUT2D eigenvalue weighted by molar-refractivity contribution is 0.115. The molecule has 2 rings (SSSR count). The Morgan fingerprint density at radius 3 is 3.07 bits per heavy atom. The van der Waals surface area contributed by atoms with Crippen molar-refractivity contribution in [3.05, 3.63) is 29.9 Å². The van der Waals surface area contributed by atoms with Gasteiger partial charge in [0.1, 0.15) is 12.1 Å². The summed E-state index contributed by atoms with van der Waals surface area (Å²) < 4.78 is 10.2. The highest BCUT2D eigenvalue weighted by Gasteiger charge is 2.19. The van der Waals surface area contributed by atoms with Gasteiger partial charge in [0.05, 0.1) is 19.4 Å². The van der Waals surface area contributed by atoms with Crippen LogP contribution in [-0.2, 0) is 4.74 Å². The van der Waals surface area contributed by atoms with Gasteiger partial charge in [0.2, 0.25) is 5.88 Å². The van der Waals surface area contributed by atoms with Gasteiger partial charge in [0, 0.05) is 12.5 Å². The highest BCUT2D eigenvalue weighted by Crippen LogP contribution is 2.25. The number of ether oxygens (including phenoxy) is 2. The molecule has 5 heteroatoms. The molecule has 0 radical (unpaired) electrons. The number of methoxy groups -OCH3 is 1. The SMILES string of the molecule is COc1cc(C(O)C2=CCCO2)ncn1. The molecule has 1 aromatic heterocycles. The van der Waals surface area contributed by atoms with Gasteiger partial charge in [0.25, 0.3) is 0 Å². The summed E-state index contributed by atoms with van der Waals surface area (Å²) in [6.45, 7) is 0.620.